The molecule has 2 aromatic rings. The van der Waals surface area contributed by atoms with Crippen molar-refractivity contribution >= 4 is 23.6 Å². The molecule has 0 aromatic heterocycles. The van der Waals surface area contributed by atoms with Crippen molar-refractivity contribution in [3.05, 3.63) is 59.7 Å². The molecule has 146 valence electrons. The fraction of sp³-hybridized carbons (Fsp3) is 0.364. The van der Waals surface area contributed by atoms with E-state index < -0.39 is 5.91 Å². The van der Waals surface area contributed by atoms with Crippen LogP contribution in [-0.4, -0.2) is 41.9 Å². The monoisotopic (exact) mass is 395 g/mol. The van der Waals surface area contributed by atoms with Crippen LogP contribution in [0, 0.1) is 5.92 Å². The molecule has 0 radical (unpaired) electrons. The van der Waals surface area contributed by atoms with E-state index in [1.54, 1.807) is 12.1 Å². The zero-order chi connectivity index (χ0) is 19.7. The van der Waals surface area contributed by atoms with E-state index in [1.165, 1.54) is 24.6 Å². The maximum absolute atomic E-state index is 12.7. The van der Waals surface area contributed by atoms with Gasteiger partial charge in [0.1, 0.15) is 0 Å². The van der Waals surface area contributed by atoms with Crippen molar-refractivity contribution in [2.24, 2.45) is 11.7 Å². The van der Waals surface area contributed by atoms with Crippen molar-refractivity contribution in [2.75, 3.05) is 13.1 Å². The predicted octanol–water partition coefficient (Wildman–Crippen LogP) is 3.15. The molecule has 3 fully saturated rings. The van der Waals surface area contributed by atoms with Crippen molar-refractivity contribution < 1.29 is 9.59 Å². The minimum Gasteiger partial charge on any atom is -0.366 e. The van der Waals surface area contributed by atoms with E-state index in [9.17, 15) is 9.59 Å². The fourth-order valence-electron chi connectivity index (χ4n) is 4.30. The first-order valence-corrected chi connectivity index (χ1v) is 10.6. The molecule has 3 aliphatic rings. The third-order valence-electron chi connectivity index (χ3n) is 5.95. The summed E-state index contributed by atoms with van der Waals surface area (Å²) in [7, 11) is 0. The molecule has 0 aliphatic carbocycles. The molecule has 5 rings (SSSR count). The second kappa shape index (κ2) is 7.97. The Kier molecular flexibility index (Phi) is 5.42. The molecule has 2 aromatic carbocycles. The van der Waals surface area contributed by atoms with E-state index in [-0.39, 0.29) is 11.9 Å². The summed E-state index contributed by atoms with van der Waals surface area (Å²) in [6.07, 6.45) is 2.35. The summed E-state index contributed by atoms with van der Waals surface area (Å²) < 4.78 is 0. The summed E-state index contributed by atoms with van der Waals surface area (Å²) in [5, 5.41) is 3.27. The first-order chi connectivity index (χ1) is 13.5. The van der Waals surface area contributed by atoms with Crippen molar-refractivity contribution in [2.45, 2.75) is 41.6 Å². The number of rotatable bonds is 5. The molecule has 3 saturated heterocycles. The SMILES string of the molecule is C[C@H]1[C@H](NC(=O)c2ccc(Sc3cccc(C(N)=O)c3)cc2)C2CCN1CC2. The summed E-state index contributed by atoms with van der Waals surface area (Å²) in [5.41, 5.74) is 6.52. The van der Waals surface area contributed by atoms with Crippen molar-refractivity contribution in [3.8, 4) is 0 Å². The number of piperidine rings is 3. The first kappa shape index (κ1) is 19.0. The number of nitrogens with one attached hydrogen (secondary N) is 1. The van der Waals surface area contributed by atoms with E-state index in [1.807, 2.05) is 36.4 Å². The van der Waals surface area contributed by atoms with Crippen LogP contribution in [0.5, 0.6) is 0 Å². The molecule has 2 bridgehead atoms. The predicted molar refractivity (Wildman–Crippen MR) is 111 cm³/mol. The zero-order valence-corrected chi connectivity index (χ0v) is 16.7. The molecule has 28 heavy (non-hydrogen) atoms. The summed E-state index contributed by atoms with van der Waals surface area (Å²) >= 11 is 1.54. The van der Waals surface area contributed by atoms with E-state index in [4.69, 9.17) is 5.73 Å². The Balaban J connectivity index is 1.41. The Morgan fingerprint density at radius 2 is 1.75 bits per heavy atom. The van der Waals surface area contributed by atoms with Gasteiger partial charge < -0.3 is 11.1 Å². The standard InChI is InChI=1S/C22H25N3O2S/c1-14-20(15-9-11-25(14)12-10-15)24-22(27)16-5-7-18(8-6-16)28-19-4-2-3-17(13-19)21(23)26/h2-8,13-15,20H,9-12H2,1H3,(H2,23,26)(H,24,27)/t14-,20-/m0/s1. The van der Waals surface area contributed by atoms with Gasteiger partial charge >= 0.3 is 0 Å². The third kappa shape index (κ3) is 3.93. The smallest absolute Gasteiger partial charge is 0.251 e. The largest absolute Gasteiger partial charge is 0.366 e. The number of nitrogens with two attached hydrogens (primary N) is 1. The van der Waals surface area contributed by atoms with Gasteiger partial charge in [0, 0.05) is 33.0 Å². The van der Waals surface area contributed by atoms with Gasteiger partial charge in [-0.3, -0.25) is 14.5 Å². The molecule has 0 unspecified atom stereocenters. The number of benzene rings is 2. The zero-order valence-electron chi connectivity index (χ0n) is 15.9. The Labute approximate surface area is 169 Å². The highest BCUT2D eigenvalue weighted by atomic mass is 32.2. The molecule has 2 amide bonds. The van der Waals surface area contributed by atoms with Crippen LogP contribution in [0.1, 0.15) is 40.5 Å². The molecular formula is C22H25N3O2S. The number of nitrogens with zero attached hydrogens (tertiary/aromatic N) is 1. The Hall–Kier alpha value is -2.31. The quantitative estimate of drug-likeness (QED) is 0.816. The number of amides is 2. The highest BCUT2D eigenvalue weighted by Crippen LogP contribution is 2.32. The van der Waals surface area contributed by atoms with Crippen LogP contribution in [0.15, 0.2) is 58.3 Å². The summed E-state index contributed by atoms with van der Waals surface area (Å²) in [5.74, 6) is 0.158. The van der Waals surface area contributed by atoms with E-state index in [0.29, 0.717) is 23.1 Å². The summed E-state index contributed by atoms with van der Waals surface area (Å²) in [6, 6.07) is 15.5. The topological polar surface area (TPSA) is 75.4 Å². The lowest BCUT2D eigenvalue weighted by Crippen LogP contribution is -2.62. The third-order valence-corrected chi connectivity index (χ3v) is 6.94. The lowest BCUT2D eigenvalue weighted by atomic mass is 9.79. The van der Waals surface area contributed by atoms with Crippen LogP contribution in [0.25, 0.3) is 0 Å². The van der Waals surface area contributed by atoms with Gasteiger partial charge in [-0.2, -0.15) is 0 Å². The van der Waals surface area contributed by atoms with Gasteiger partial charge in [0.05, 0.1) is 0 Å². The fourth-order valence-corrected chi connectivity index (χ4v) is 5.18. The van der Waals surface area contributed by atoms with Gasteiger partial charge in [0.25, 0.3) is 5.91 Å². The van der Waals surface area contributed by atoms with Gasteiger partial charge in [-0.05, 0) is 81.2 Å². The molecule has 3 aliphatic heterocycles. The maximum Gasteiger partial charge on any atom is 0.251 e. The molecule has 6 heteroatoms. The van der Waals surface area contributed by atoms with Crippen LogP contribution < -0.4 is 11.1 Å². The molecule has 0 saturated carbocycles. The minimum atomic E-state index is -0.434. The molecule has 5 nitrogen and oxygen atoms in total. The maximum atomic E-state index is 12.7. The number of fused-ring (bicyclic) bond motifs is 3. The highest BCUT2D eigenvalue weighted by molar-refractivity contribution is 7.99. The normalized spacial score (nSPS) is 26.0. The van der Waals surface area contributed by atoms with E-state index >= 15 is 0 Å². The highest BCUT2D eigenvalue weighted by Gasteiger charge is 2.40. The summed E-state index contributed by atoms with van der Waals surface area (Å²) in [4.78, 5) is 28.5. The second-order valence-corrected chi connectivity index (χ2v) is 8.78. The average molecular weight is 396 g/mol. The van der Waals surface area contributed by atoms with Crippen molar-refractivity contribution in [1.29, 1.82) is 0 Å². The van der Waals surface area contributed by atoms with Gasteiger partial charge in [-0.1, -0.05) is 17.8 Å². The van der Waals surface area contributed by atoms with Crippen LogP contribution in [0.4, 0.5) is 0 Å². The van der Waals surface area contributed by atoms with Gasteiger partial charge in [0.15, 0.2) is 0 Å². The molecule has 3 N–H and O–H groups in total. The van der Waals surface area contributed by atoms with E-state index in [0.717, 1.165) is 22.9 Å². The second-order valence-electron chi connectivity index (χ2n) is 7.63. The van der Waals surface area contributed by atoms with Crippen molar-refractivity contribution in [1.82, 2.24) is 10.2 Å². The number of carbonyl (C=O) groups is 2. The first-order valence-electron chi connectivity index (χ1n) is 9.74. The number of carbonyl (C=O) groups excluding carboxylic acids is 2. The molecule has 3 heterocycles. The molecule has 0 spiro atoms. The van der Waals surface area contributed by atoms with Crippen LogP contribution in [0.2, 0.25) is 0 Å². The van der Waals surface area contributed by atoms with Crippen LogP contribution in [0.3, 0.4) is 0 Å². The van der Waals surface area contributed by atoms with Gasteiger partial charge in [-0.15, -0.1) is 0 Å². The van der Waals surface area contributed by atoms with Crippen LogP contribution in [-0.2, 0) is 0 Å². The Morgan fingerprint density at radius 3 is 2.39 bits per heavy atom. The average Bonchev–Trinajstić information content (AvgIpc) is 2.71. The Bertz CT molecular complexity index is 874. The Morgan fingerprint density at radius 1 is 1.04 bits per heavy atom. The van der Waals surface area contributed by atoms with Gasteiger partial charge in [-0.25, -0.2) is 0 Å². The molecule has 2 atom stereocenters. The molecular weight excluding hydrogens is 370 g/mol. The minimum absolute atomic E-state index is 0.00197. The summed E-state index contributed by atoms with van der Waals surface area (Å²) in [6.45, 7) is 4.53. The van der Waals surface area contributed by atoms with Crippen LogP contribution >= 0.6 is 11.8 Å². The van der Waals surface area contributed by atoms with E-state index in [2.05, 4.69) is 17.1 Å². The number of hydrogen-bond donors (Lipinski definition) is 2. The van der Waals surface area contributed by atoms with Gasteiger partial charge in [0.2, 0.25) is 5.91 Å². The van der Waals surface area contributed by atoms with Crippen molar-refractivity contribution in [3.63, 3.8) is 0 Å². The lowest BCUT2D eigenvalue weighted by Gasteiger charge is -2.49. The lowest BCUT2D eigenvalue weighted by molar-refractivity contribution is 0.0217. The number of primary amides is 1. The number of hydrogen-bond acceptors (Lipinski definition) is 4.